The number of rotatable bonds is 1. The van der Waals surface area contributed by atoms with E-state index in [0.29, 0.717) is 0 Å². The van der Waals surface area contributed by atoms with Crippen molar-refractivity contribution in [3.05, 3.63) is 53.9 Å². The van der Waals surface area contributed by atoms with E-state index in [1.54, 1.807) is 18.4 Å². The summed E-state index contributed by atoms with van der Waals surface area (Å²) >= 11 is 1.79. The topological polar surface area (TPSA) is 9.23 Å². The molecule has 0 aliphatic carbocycles. The van der Waals surface area contributed by atoms with Crippen LogP contribution in [0, 0.1) is 0 Å². The number of fused-ring (bicyclic) bond motifs is 5. The lowest BCUT2D eigenvalue weighted by atomic mass is 9.99. The van der Waals surface area contributed by atoms with Crippen LogP contribution >= 0.6 is 11.3 Å². The summed E-state index contributed by atoms with van der Waals surface area (Å²) in [4.78, 5) is 0. The van der Waals surface area contributed by atoms with Gasteiger partial charge in [0.1, 0.15) is 5.75 Å². The summed E-state index contributed by atoms with van der Waals surface area (Å²) in [5.41, 5.74) is 0. The molecule has 0 amide bonds. The Morgan fingerprint density at radius 2 is 1.68 bits per heavy atom. The van der Waals surface area contributed by atoms with Crippen molar-refractivity contribution in [2.75, 3.05) is 7.11 Å². The summed E-state index contributed by atoms with van der Waals surface area (Å²) in [7, 11) is 1.71. The van der Waals surface area contributed by atoms with Gasteiger partial charge in [-0.15, -0.1) is 11.3 Å². The zero-order chi connectivity index (χ0) is 12.8. The van der Waals surface area contributed by atoms with Crippen molar-refractivity contribution in [1.29, 1.82) is 0 Å². The Bertz CT molecular complexity index is 905. The molecule has 0 bridgehead atoms. The van der Waals surface area contributed by atoms with Crippen molar-refractivity contribution < 1.29 is 4.74 Å². The number of benzene rings is 3. The molecule has 0 unspecified atom stereocenters. The normalized spacial score (nSPS) is 11.4. The van der Waals surface area contributed by atoms with E-state index in [2.05, 4.69) is 47.8 Å². The monoisotopic (exact) mass is 264 g/mol. The number of methoxy groups -OCH3 is 1. The molecular formula is C17H12OS. The maximum absolute atomic E-state index is 5.31. The molecule has 4 rings (SSSR count). The van der Waals surface area contributed by atoms with E-state index in [-0.39, 0.29) is 0 Å². The SMILES string of the molecule is COc1ccc2c(ccc3ccc4sccc4c32)c1. The number of thiophene rings is 1. The summed E-state index contributed by atoms with van der Waals surface area (Å²) in [5, 5.41) is 8.67. The molecule has 0 radical (unpaired) electrons. The van der Waals surface area contributed by atoms with Gasteiger partial charge in [-0.2, -0.15) is 0 Å². The zero-order valence-corrected chi connectivity index (χ0v) is 11.3. The highest BCUT2D eigenvalue weighted by molar-refractivity contribution is 7.17. The first-order valence-electron chi connectivity index (χ1n) is 6.23. The molecule has 0 atom stereocenters. The Morgan fingerprint density at radius 1 is 0.842 bits per heavy atom. The summed E-state index contributed by atoms with van der Waals surface area (Å²) in [6.07, 6.45) is 0. The lowest BCUT2D eigenvalue weighted by Gasteiger charge is -2.07. The Labute approximate surface area is 115 Å². The third kappa shape index (κ3) is 1.53. The van der Waals surface area contributed by atoms with Gasteiger partial charge in [0.25, 0.3) is 0 Å². The van der Waals surface area contributed by atoms with Gasteiger partial charge in [0, 0.05) is 10.1 Å². The quantitative estimate of drug-likeness (QED) is 0.428. The smallest absolute Gasteiger partial charge is 0.119 e. The van der Waals surface area contributed by atoms with Crippen molar-refractivity contribution >= 4 is 43.0 Å². The van der Waals surface area contributed by atoms with Gasteiger partial charge in [0.2, 0.25) is 0 Å². The molecule has 0 aliphatic rings. The average molecular weight is 264 g/mol. The molecule has 19 heavy (non-hydrogen) atoms. The van der Waals surface area contributed by atoms with Crippen LogP contribution in [0.2, 0.25) is 0 Å². The first kappa shape index (κ1) is 10.8. The molecule has 0 saturated carbocycles. The lowest BCUT2D eigenvalue weighted by molar-refractivity contribution is 0.415. The molecule has 0 N–H and O–H groups in total. The highest BCUT2D eigenvalue weighted by Crippen LogP contribution is 2.35. The van der Waals surface area contributed by atoms with E-state index < -0.39 is 0 Å². The van der Waals surface area contributed by atoms with Crippen molar-refractivity contribution in [2.45, 2.75) is 0 Å². The summed E-state index contributed by atoms with van der Waals surface area (Å²) in [6.45, 7) is 0. The molecule has 4 aromatic rings. The van der Waals surface area contributed by atoms with Crippen molar-refractivity contribution in [2.24, 2.45) is 0 Å². The van der Waals surface area contributed by atoms with Crippen LogP contribution in [0.1, 0.15) is 0 Å². The second kappa shape index (κ2) is 3.97. The molecule has 0 spiro atoms. The van der Waals surface area contributed by atoms with Crippen LogP contribution in [0.5, 0.6) is 5.75 Å². The van der Waals surface area contributed by atoms with Crippen LogP contribution in [-0.4, -0.2) is 7.11 Å². The van der Waals surface area contributed by atoms with E-state index in [4.69, 9.17) is 4.74 Å². The van der Waals surface area contributed by atoms with Crippen LogP contribution in [0.15, 0.2) is 53.9 Å². The molecule has 3 aromatic carbocycles. The van der Waals surface area contributed by atoms with Gasteiger partial charge < -0.3 is 4.74 Å². The molecule has 92 valence electrons. The van der Waals surface area contributed by atoms with E-state index in [1.807, 2.05) is 6.07 Å². The first-order valence-corrected chi connectivity index (χ1v) is 7.11. The zero-order valence-electron chi connectivity index (χ0n) is 10.5. The minimum atomic E-state index is 0.907. The first-order chi connectivity index (χ1) is 9.36. The van der Waals surface area contributed by atoms with Gasteiger partial charge in [-0.05, 0) is 51.2 Å². The molecule has 1 nitrogen and oxygen atoms in total. The van der Waals surface area contributed by atoms with Crippen LogP contribution in [0.25, 0.3) is 31.6 Å². The Hall–Kier alpha value is -2.06. The molecule has 0 aliphatic heterocycles. The van der Waals surface area contributed by atoms with Gasteiger partial charge in [0.05, 0.1) is 7.11 Å². The summed E-state index contributed by atoms with van der Waals surface area (Å²) in [6, 6.07) is 17.3. The predicted octanol–water partition coefficient (Wildman–Crippen LogP) is 5.22. The minimum absolute atomic E-state index is 0.907. The van der Waals surface area contributed by atoms with Gasteiger partial charge in [-0.1, -0.05) is 24.3 Å². The Kier molecular flexibility index (Phi) is 2.26. The van der Waals surface area contributed by atoms with Gasteiger partial charge >= 0.3 is 0 Å². The minimum Gasteiger partial charge on any atom is -0.497 e. The number of hydrogen-bond donors (Lipinski definition) is 0. The fourth-order valence-electron chi connectivity index (χ4n) is 2.71. The maximum atomic E-state index is 5.31. The second-order valence-electron chi connectivity index (χ2n) is 4.65. The van der Waals surface area contributed by atoms with E-state index in [0.717, 1.165) is 5.75 Å². The third-order valence-electron chi connectivity index (χ3n) is 3.64. The van der Waals surface area contributed by atoms with Crippen LogP contribution in [0.4, 0.5) is 0 Å². The largest absolute Gasteiger partial charge is 0.497 e. The second-order valence-corrected chi connectivity index (χ2v) is 5.60. The van der Waals surface area contributed by atoms with Crippen molar-refractivity contribution in [3.63, 3.8) is 0 Å². The van der Waals surface area contributed by atoms with Gasteiger partial charge in [-0.25, -0.2) is 0 Å². The molecule has 2 heteroatoms. The third-order valence-corrected chi connectivity index (χ3v) is 4.52. The van der Waals surface area contributed by atoms with Gasteiger partial charge in [-0.3, -0.25) is 0 Å². The Morgan fingerprint density at radius 3 is 2.58 bits per heavy atom. The van der Waals surface area contributed by atoms with Crippen molar-refractivity contribution in [1.82, 2.24) is 0 Å². The lowest BCUT2D eigenvalue weighted by Crippen LogP contribution is -1.83. The van der Waals surface area contributed by atoms with Gasteiger partial charge in [0.15, 0.2) is 0 Å². The van der Waals surface area contributed by atoms with E-state index >= 15 is 0 Å². The standard InChI is InChI=1S/C17H12OS/c1-18-13-5-6-14-12(10-13)3-2-11-4-7-16-15(17(11)14)8-9-19-16/h2-10H,1H3. The van der Waals surface area contributed by atoms with Crippen LogP contribution in [-0.2, 0) is 0 Å². The maximum Gasteiger partial charge on any atom is 0.119 e. The molecular weight excluding hydrogens is 252 g/mol. The molecule has 1 aromatic heterocycles. The Balaban J connectivity index is 2.25. The fraction of sp³-hybridized carbons (Fsp3) is 0.0588. The number of hydrogen-bond acceptors (Lipinski definition) is 2. The highest BCUT2D eigenvalue weighted by atomic mass is 32.1. The van der Waals surface area contributed by atoms with Crippen LogP contribution in [0.3, 0.4) is 0 Å². The highest BCUT2D eigenvalue weighted by Gasteiger charge is 2.06. The fourth-order valence-corrected chi connectivity index (χ4v) is 3.51. The average Bonchev–Trinajstić information content (AvgIpc) is 2.94. The summed E-state index contributed by atoms with van der Waals surface area (Å²) in [5.74, 6) is 0.907. The van der Waals surface area contributed by atoms with Crippen molar-refractivity contribution in [3.8, 4) is 5.75 Å². The molecule has 0 fully saturated rings. The number of ether oxygens (including phenoxy) is 1. The van der Waals surface area contributed by atoms with E-state index in [1.165, 1.54) is 31.6 Å². The summed E-state index contributed by atoms with van der Waals surface area (Å²) < 4.78 is 6.65. The predicted molar refractivity (Wildman–Crippen MR) is 83.4 cm³/mol. The van der Waals surface area contributed by atoms with E-state index in [9.17, 15) is 0 Å². The molecule has 1 heterocycles. The van der Waals surface area contributed by atoms with Crippen LogP contribution < -0.4 is 4.74 Å². The molecule has 0 saturated heterocycles.